The highest BCUT2D eigenvalue weighted by molar-refractivity contribution is 8.14. The highest BCUT2D eigenvalue weighted by Gasteiger charge is 2.34. The van der Waals surface area contributed by atoms with E-state index in [4.69, 9.17) is 4.99 Å². The quantitative estimate of drug-likeness (QED) is 0.793. The molecule has 1 atom stereocenters. The number of hydrogen-bond acceptors (Lipinski definition) is 3. The first-order chi connectivity index (χ1) is 12.8. The van der Waals surface area contributed by atoms with Gasteiger partial charge in [0.05, 0.1) is 17.3 Å². The van der Waals surface area contributed by atoms with E-state index in [9.17, 15) is 18.0 Å². The molecular weight excluding hydrogens is 375 g/mol. The maximum absolute atomic E-state index is 13.1. The molecule has 0 spiro atoms. The second-order valence-electron chi connectivity index (χ2n) is 7.07. The predicted octanol–water partition coefficient (Wildman–Crippen LogP) is 4.77. The van der Waals surface area contributed by atoms with Gasteiger partial charge in [-0.05, 0) is 25.0 Å². The Morgan fingerprint density at radius 1 is 1.26 bits per heavy atom. The number of halogens is 3. The number of anilines is 1. The normalized spacial score (nSPS) is 23.0. The van der Waals surface area contributed by atoms with Crippen LogP contribution in [-0.2, 0) is 11.0 Å². The SMILES string of the molecule is CN1C(=NC2CCCCC2)SCC1CC(=O)Nc1ccccc1C(F)(F)F. The average Bonchev–Trinajstić information content (AvgIpc) is 2.95. The summed E-state index contributed by atoms with van der Waals surface area (Å²) in [6.07, 6.45) is 1.55. The summed E-state index contributed by atoms with van der Waals surface area (Å²) in [7, 11) is 1.91. The van der Waals surface area contributed by atoms with E-state index in [0.717, 1.165) is 29.8 Å². The molecular formula is C19H24F3N3OS. The number of carbonyl (C=O) groups excluding carboxylic acids is 1. The standard InChI is InChI=1S/C19H24F3N3OS/c1-25-14(12-27-18(25)23-13-7-3-2-4-8-13)11-17(26)24-16-10-6-5-9-15(16)19(20,21)22/h5-6,9-10,13-14H,2-4,7-8,11-12H2,1H3,(H,24,26). The molecule has 1 amide bonds. The summed E-state index contributed by atoms with van der Waals surface area (Å²) in [5.41, 5.74) is -1.02. The Hall–Kier alpha value is -1.70. The van der Waals surface area contributed by atoms with Crippen LogP contribution >= 0.6 is 11.8 Å². The van der Waals surface area contributed by atoms with Crippen LogP contribution in [0.25, 0.3) is 0 Å². The maximum atomic E-state index is 13.1. The molecule has 1 aliphatic heterocycles. The first-order valence-electron chi connectivity index (χ1n) is 9.24. The molecule has 1 saturated heterocycles. The van der Waals surface area contributed by atoms with E-state index >= 15 is 0 Å². The zero-order valence-electron chi connectivity index (χ0n) is 15.3. The van der Waals surface area contributed by atoms with Crippen LogP contribution in [0.1, 0.15) is 44.1 Å². The van der Waals surface area contributed by atoms with Gasteiger partial charge in [-0.2, -0.15) is 13.2 Å². The van der Waals surface area contributed by atoms with Crippen molar-refractivity contribution in [2.75, 3.05) is 18.1 Å². The Labute approximate surface area is 161 Å². The first-order valence-corrected chi connectivity index (χ1v) is 10.2. The van der Waals surface area contributed by atoms with Crippen LogP contribution in [0.5, 0.6) is 0 Å². The van der Waals surface area contributed by atoms with Crippen LogP contribution in [0, 0.1) is 0 Å². The minimum Gasteiger partial charge on any atom is -0.350 e. The second-order valence-corrected chi connectivity index (χ2v) is 8.06. The number of alkyl halides is 3. The molecule has 148 valence electrons. The highest BCUT2D eigenvalue weighted by atomic mass is 32.2. The largest absolute Gasteiger partial charge is 0.418 e. The average molecular weight is 399 g/mol. The van der Waals surface area contributed by atoms with E-state index < -0.39 is 17.6 Å². The Morgan fingerprint density at radius 2 is 1.96 bits per heavy atom. The number of amides is 1. The minimum absolute atomic E-state index is 0.0598. The van der Waals surface area contributed by atoms with Crippen LogP contribution in [0.4, 0.5) is 18.9 Å². The summed E-state index contributed by atoms with van der Waals surface area (Å²) < 4.78 is 39.2. The van der Waals surface area contributed by atoms with E-state index in [2.05, 4.69) is 5.32 Å². The topological polar surface area (TPSA) is 44.7 Å². The van der Waals surface area contributed by atoms with Crippen LogP contribution in [0.15, 0.2) is 29.3 Å². The van der Waals surface area contributed by atoms with Crippen molar-refractivity contribution in [3.63, 3.8) is 0 Å². The van der Waals surface area contributed by atoms with Crippen molar-refractivity contribution in [2.45, 2.75) is 56.8 Å². The molecule has 27 heavy (non-hydrogen) atoms. The van der Waals surface area contributed by atoms with Gasteiger partial charge in [0, 0.05) is 25.3 Å². The van der Waals surface area contributed by atoms with Gasteiger partial charge in [0.2, 0.25) is 5.91 Å². The van der Waals surface area contributed by atoms with Gasteiger partial charge in [0.25, 0.3) is 0 Å². The molecule has 0 aromatic heterocycles. The van der Waals surface area contributed by atoms with Crippen molar-refractivity contribution >= 4 is 28.5 Å². The molecule has 1 aliphatic carbocycles. The number of rotatable bonds is 4. The molecule has 2 fully saturated rings. The fourth-order valence-electron chi connectivity index (χ4n) is 3.49. The van der Waals surface area contributed by atoms with E-state index in [1.807, 2.05) is 11.9 Å². The zero-order chi connectivity index (χ0) is 19.4. The van der Waals surface area contributed by atoms with Gasteiger partial charge >= 0.3 is 6.18 Å². The van der Waals surface area contributed by atoms with Crippen LogP contribution in [0.2, 0.25) is 0 Å². The second kappa shape index (κ2) is 8.54. The molecule has 1 aromatic carbocycles. The molecule has 3 rings (SSSR count). The van der Waals surface area contributed by atoms with Gasteiger partial charge in [0.15, 0.2) is 5.17 Å². The molecule has 1 N–H and O–H groups in total. The molecule has 1 saturated carbocycles. The number of carbonyl (C=O) groups is 1. The number of para-hydroxylation sites is 1. The van der Waals surface area contributed by atoms with E-state index in [1.54, 1.807) is 11.8 Å². The lowest BCUT2D eigenvalue weighted by Crippen LogP contribution is -2.34. The molecule has 4 nitrogen and oxygen atoms in total. The molecule has 0 radical (unpaired) electrons. The lowest BCUT2D eigenvalue weighted by molar-refractivity contribution is -0.137. The fraction of sp³-hybridized carbons (Fsp3) is 0.579. The summed E-state index contributed by atoms with van der Waals surface area (Å²) in [4.78, 5) is 19.2. The lowest BCUT2D eigenvalue weighted by Gasteiger charge is -2.23. The third-order valence-electron chi connectivity index (χ3n) is 5.05. The van der Waals surface area contributed by atoms with Crippen molar-refractivity contribution < 1.29 is 18.0 Å². The number of nitrogens with zero attached hydrogens (tertiary/aromatic N) is 2. The van der Waals surface area contributed by atoms with Gasteiger partial charge in [-0.25, -0.2) is 0 Å². The number of amidine groups is 1. The number of hydrogen-bond donors (Lipinski definition) is 1. The molecule has 1 unspecified atom stereocenters. The third-order valence-corrected chi connectivity index (χ3v) is 6.25. The Morgan fingerprint density at radius 3 is 2.67 bits per heavy atom. The monoisotopic (exact) mass is 399 g/mol. The summed E-state index contributed by atoms with van der Waals surface area (Å²) in [6, 6.07) is 5.35. The van der Waals surface area contributed by atoms with Gasteiger partial charge in [-0.15, -0.1) is 0 Å². The molecule has 2 aliphatic rings. The van der Waals surface area contributed by atoms with Gasteiger partial charge in [-0.1, -0.05) is 43.2 Å². The van der Waals surface area contributed by atoms with Crippen molar-refractivity contribution in [1.29, 1.82) is 0 Å². The van der Waals surface area contributed by atoms with Crippen LogP contribution < -0.4 is 5.32 Å². The summed E-state index contributed by atoms with van der Waals surface area (Å²) in [5.74, 6) is 0.305. The fourth-order valence-corrected chi connectivity index (χ4v) is 4.74. The van der Waals surface area contributed by atoms with E-state index in [-0.39, 0.29) is 18.2 Å². The summed E-state index contributed by atoms with van der Waals surface area (Å²) in [6.45, 7) is 0. The van der Waals surface area contributed by atoms with E-state index in [0.29, 0.717) is 6.04 Å². The number of aliphatic imine (C=N–C) groups is 1. The van der Waals surface area contributed by atoms with Gasteiger partial charge < -0.3 is 10.2 Å². The molecule has 1 aromatic rings. The highest BCUT2D eigenvalue weighted by Crippen LogP contribution is 2.35. The van der Waals surface area contributed by atoms with Crippen molar-refractivity contribution in [3.05, 3.63) is 29.8 Å². The molecule has 8 heteroatoms. The zero-order valence-corrected chi connectivity index (χ0v) is 16.1. The van der Waals surface area contributed by atoms with Crippen molar-refractivity contribution in [1.82, 2.24) is 4.90 Å². The number of thioether (sulfide) groups is 1. The van der Waals surface area contributed by atoms with Gasteiger partial charge in [-0.3, -0.25) is 9.79 Å². The first kappa shape index (κ1) is 20.0. The van der Waals surface area contributed by atoms with Crippen molar-refractivity contribution in [2.24, 2.45) is 4.99 Å². The van der Waals surface area contributed by atoms with Crippen molar-refractivity contribution in [3.8, 4) is 0 Å². The summed E-state index contributed by atoms with van der Waals surface area (Å²) >= 11 is 1.62. The van der Waals surface area contributed by atoms with Gasteiger partial charge in [0.1, 0.15) is 0 Å². The summed E-state index contributed by atoms with van der Waals surface area (Å²) in [5, 5.41) is 3.37. The number of nitrogens with one attached hydrogen (secondary N) is 1. The van der Waals surface area contributed by atoms with Crippen LogP contribution in [-0.4, -0.2) is 40.9 Å². The maximum Gasteiger partial charge on any atom is 0.418 e. The number of benzene rings is 1. The Kier molecular flexibility index (Phi) is 6.34. The molecule has 1 heterocycles. The minimum atomic E-state index is -4.50. The van der Waals surface area contributed by atoms with E-state index in [1.165, 1.54) is 37.5 Å². The molecule has 0 bridgehead atoms. The smallest absolute Gasteiger partial charge is 0.350 e. The third kappa shape index (κ3) is 5.18. The lowest BCUT2D eigenvalue weighted by atomic mass is 9.96. The van der Waals surface area contributed by atoms with Crippen LogP contribution in [0.3, 0.4) is 0 Å². The predicted molar refractivity (Wildman–Crippen MR) is 103 cm³/mol. The Balaban J connectivity index is 1.60. The Bertz CT molecular complexity index is 702.